The molecule has 0 aliphatic carbocycles. The van der Waals surface area contributed by atoms with Gasteiger partial charge in [0.15, 0.2) is 18.0 Å². The summed E-state index contributed by atoms with van der Waals surface area (Å²) in [5, 5.41) is 2.00. The summed E-state index contributed by atoms with van der Waals surface area (Å²) in [6.07, 6.45) is -0.138. The van der Waals surface area contributed by atoms with Crippen molar-refractivity contribution in [1.82, 2.24) is 18.5 Å². The number of benzene rings is 7. The maximum absolute atomic E-state index is 9.76. The summed E-state index contributed by atoms with van der Waals surface area (Å²) in [4.78, 5) is 4.86. The van der Waals surface area contributed by atoms with E-state index < -0.39 is 78.1 Å². The van der Waals surface area contributed by atoms with Crippen molar-refractivity contribution in [3.8, 4) is 39.6 Å². The molecule has 0 spiro atoms. The quantitative estimate of drug-likeness (QED) is 0.106. The number of nitrogens with zero attached hydrogens (tertiary/aromatic N) is 4. The number of ether oxygens (including phenoxy) is 1. The van der Waals surface area contributed by atoms with Crippen LogP contribution in [-0.2, 0) is 38.3 Å². The largest absolute Gasteiger partial charge is 0.509 e. The van der Waals surface area contributed by atoms with Crippen LogP contribution in [-0.4, -0.2) is 16.2 Å². The van der Waals surface area contributed by atoms with Gasteiger partial charge in [0, 0.05) is 75.5 Å². The molecule has 5 heterocycles. The Morgan fingerprint density at radius 3 is 2.01 bits per heavy atom. The molecule has 2 bridgehead atoms. The molecule has 0 saturated carbocycles. The molecule has 1 saturated heterocycles. The molecule has 0 amide bonds. The Morgan fingerprint density at radius 2 is 1.36 bits per heavy atom. The fourth-order valence-corrected chi connectivity index (χ4v) is 9.82. The fourth-order valence-electron chi connectivity index (χ4n) is 9.82. The summed E-state index contributed by atoms with van der Waals surface area (Å²) in [6.45, 7) is 18.5. The van der Waals surface area contributed by atoms with E-state index in [4.69, 9.17) is 17.9 Å². The van der Waals surface area contributed by atoms with E-state index in [1.807, 2.05) is 61.4 Å². The molecule has 2 atom stereocenters. The number of rotatable bonds is 9. The Labute approximate surface area is 427 Å². The van der Waals surface area contributed by atoms with Gasteiger partial charge >= 0.3 is 0 Å². The van der Waals surface area contributed by atoms with Crippen LogP contribution in [0, 0.1) is 24.7 Å². The van der Waals surface area contributed by atoms with Gasteiger partial charge in [-0.3, -0.25) is 4.48 Å². The number of pyridine rings is 1. The van der Waals surface area contributed by atoms with E-state index >= 15 is 0 Å². The van der Waals surface area contributed by atoms with Crippen LogP contribution in [0.3, 0.4) is 0 Å². The monoisotopic (exact) mass is 1070 g/mol. The van der Waals surface area contributed by atoms with Crippen LogP contribution in [0.4, 0.5) is 22.7 Å². The van der Waals surface area contributed by atoms with Gasteiger partial charge in [-0.1, -0.05) is 164 Å². The molecule has 5 nitrogen and oxygen atoms in total. The molecule has 2 aromatic heterocycles. The van der Waals surface area contributed by atoms with E-state index in [-0.39, 0.29) is 70.1 Å². The minimum atomic E-state index is -1.97. The molecule has 0 N–H and O–H groups in total. The second-order valence-corrected chi connectivity index (χ2v) is 19.7. The second kappa shape index (κ2) is 16.6. The molecule has 12 rings (SSSR count). The first-order valence-electron chi connectivity index (χ1n) is 28.4. The van der Waals surface area contributed by atoms with Gasteiger partial charge in [-0.15, -0.1) is 35.2 Å². The molecule has 338 valence electrons. The first-order chi connectivity index (χ1) is 36.6. The number of quaternary nitrogens is 2. The van der Waals surface area contributed by atoms with Crippen molar-refractivity contribution in [2.24, 2.45) is 5.92 Å². The molecule has 3 aliphatic heterocycles. The molecule has 3 aliphatic rings. The zero-order chi connectivity index (χ0) is 56.1. The third-order valence-corrected chi connectivity index (χ3v) is 12.8. The topological polar surface area (TPSA) is 27.1 Å². The predicted octanol–water partition coefficient (Wildman–Crippen LogP) is 16.1. The van der Waals surface area contributed by atoms with Crippen LogP contribution in [0.2, 0.25) is 0 Å². The van der Waals surface area contributed by atoms with Crippen molar-refractivity contribution in [1.29, 1.82) is 0 Å². The Hall–Kier alpha value is -6.10. The molecule has 1 fully saturated rings. The van der Waals surface area contributed by atoms with Gasteiger partial charge < -0.3 is 13.8 Å². The van der Waals surface area contributed by atoms with Gasteiger partial charge in [0.1, 0.15) is 11.5 Å². The zero-order valence-electron chi connectivity index (χ0n) is 50.7. The summed E-state index contributed by atoms with van der Waals surface area (Å²) >= 11 is 0. The van der Waals surface area contributed by atoms with E-state index in [0.29, 0.717) is 34.1 Å². The van der Waals surface area contributed by atoms with Gasteiger partial charge in [0.25, 0.3) is 0 Å². The summed E-state index contributed by atoms with van der Waals surface area (Å²) < 4.78 is 118. The van der Waals surface area contributed by atoms with E-state index in [1.54, 1.807) is 38.1 Å². The summed E-state index contributed by atoms with van der Waals surface area (Å²) in [6, 6.07) is 32.3. The Kier molecular flexibility index (Phi) is 8.07. The SMILES string of the molecule is [2H]c1c([2H])c([2H])c(-c2cccc(-c3c([2H])c([2H])c([2H])c([2H])c3[2H])c2[N@+]23[CH-][N@+](c4[c-]c(Oc5[c-]c6c(cc5)c5ccccc5n6-c5cc(C(C)(C)C)ccn5)cc(C(C)(C)C)c4)(C2)c2cccc(C([2H])([2H])C(C)C)c23)c([2H])c1[2H].[Pt]. The summed E-state index contributed by atoms with van der Waals surface area (Å²) in [5.74, 6) is 1.00. The van der Waals surface area contributed by atoms with Gasteiger partial charge in [0.2, 0.25) is 0 Å². The van der Waals surface area contributed by atoms with Crippen LogP contribution in [0.1, 0.15) is 88.5 Å². The van der Waals surface area contributed by atoms with E-state index in [9.17, 15) is 8.22 Å². The molecule has 67 heavy (non-hydrogen) atoms. The Balaban J connectivity index is 0.00000704. The van der Waals surface area contributed by atoms with Crippen molar-refractivity contribution < 1.29 is 42.3 Å². The molecule has 9 aromatic rings. The number of hydrogen-bond donors (Lipinski definition) is 0. The molecular formula is C61H57N4OPt-. The molecule has 7 aromatic carbocycles. The van der Waals surface area contributed by atoms with Crippen molar-refractivity contribution in [2.75, 3.05) is 6.67 Å². The first-order valence-corrected chi connectivity index (χ1v) is 22.4. The molecular weight excluding hydrogens is 1000 g/mol. The maximum atomic E-state index is 9.76. The number of hydrogen-bond acceptors (Lipinski definition) is 2. The normalized spacial score (nSPS) is 20.4. The Bertz CT molecular complexity index is 3880. The number of fused-ring (bicyclic) bond motifs is 3. The molecule has 6 heteroatoms. The van der Waals surface area contributed by atoms with Crippen LogP contribution >= 0.6 is 0 Å². The van der Waals surface area contributed by atoms with Crippen LogP contribution in [0.5, 0.6) is 11.5 Å². The second-order valence-electron chi connectivity index (χ2n) is 19.7. The van der Waals surface area contributed by atoms with Gasteiger partial charge in [-0.2, -0.15) is 6.07 Å². The van der Waals surface area contributed by atoms with Crippen LogP contribution in [0.15, 0.2) is 164 Å². The van der Waals surface area contributed by atoms with Gasteiger partial charge in [-0.25, -0.2) is 4.98 Å². The predicted molar refractivity (Wildman–Crippen MR) is 275 cm³/mol. The van der Waals surface area contributed by atoms with Gasteiger partial charge in [0.05, 0.1) is 20.4 Å². The standard InChI is InChI=1S/C61H57N4O.Pt/c1-41(2)33-44-23-17-28-56-58(44)65(59-50(42-19-11-9-12-20-42)25-18-26-51(59)43-21-13-10-14-22-43)39-64(56,40-65)47-34-46(61(6,7)8)35-49(37-47)66-48-29-30-53-52-24-15-16-27-54(52)63(55(53)38-48)57-36-45(31-32-62-57)60(3,4)5;/h9-32,34-36,39,41H,33,40H2,1-8H3;/q-1;/t64-,65-;/m1./s1/i9D,10D,11D,12D,13D,14D,19D,20D,21D,22D,33D2;. The van der Waals surface area contributed by atoms with Crippen molar-refractivity contribution in [2.45, 2.75) is 72.6 Å². The smallest absolute Gasteiger partial charge is 0.184 e. The molecule has 0 radical (unpaired) electrons. The summed E-state index contributed by atoms with van der Waals surface area (Å²) in [7, 11) is 0. The number of aromatic nitrogens is 2. The first kappa shape index (κ1) is 32.6. The van der Waals surface area contributed by atoms with Crippen molar-refractivity contribution in [3.63, 3.8) is 0 Å². The third-order valence-electron chi connectivity index (χ3n) is 12.8. The van der Waals surface area contributed by atoms with Crippen LogP contribution in [0.25, 0.3) is 49.9 Å². The molecule has 0 unspecified atom stereocenters. The van der Waals surface area contributed by atoms with E-state index in [1.165, 1.54) is 0 Å². The average molecular weight is 1070 g/mol. The summed E-state index contributed by atoms with van der Waals surface area (Å²) in [5.41, 5.74) is 5.55. The minimum absolute atomic E-state index is 0. The van der Waals surface area contributed by atoms with Crippen molar-refractivity contribution >= 4 is 44.6 Å². The Morgan fingerprint density at radius 1 is 0.701 bits per heavy atom. The third kappa shape index (κ3) is 7.47. The van der Waals surface area contributed by atoms with E-state index in [2.05, 4.69) is 82.5 Å². The maximum Gasteiger partial charge on any atom is 0.184 e. The van der Waals surface area contributed by atoms with E-state index in [0.717, 1.165) is 38.8 Å². The van der Waals surface area contributed by atoms with Crippen LogP contribution < -0.4 is 13.7 Å². The number of para-hydroxylation sites is 3. The fraction of sp³-hybridized carbons (Fsp3) is 0.213. The van der Waals surface area contributed by atoms with Gasteiger partial charge in [-0.05, 0) is 75.5 Å². The van der Waals surface area contributed by atoms with Crippen molar-refractivity contribution in [3.05, 3.63) is 199 Å². The minimum Gasteiger partial charge on any atom is -0.509 e. The zero-order valence-corrected chi connectivity index (χ0v) is 41.0. The average Bonchev–Trinajstić information content (AvgIpc) is 2.07.